The first-order chi connectivity index (χ1) is 11.1. The molecule has 0 saturated carbocycles. The van der Waals surface area contributed by atoms with Crippen LogP contribution in [-0.2, 0) is 13.6 Å². The number of halogens is 1. The van der Waals surface area contributed by atoms with Gasteiger partial charge in [0, 0.05) is 5.56 Å². The zero-order valence-corrected chi connectivity index (χ0v) is 15.1. The molecule has 1 aliphatic heterocycles. The lowest BCUT2D eigenvalue weighted by Crippen LogP contribution is -2.14. The van der Waals surface area contributed by atoms with Gasteiger partial charge in [-0.05, 0) is 47.5 Å². The van der Waals surface area contributed by atoms with E-state index in [1.54, 1.807) is 19.9 Å². The van der Waals surface area contributed by atoms with E-state index >= 15 is 0 Å². The van der Waals surface area contributed by atoms with Crippen molar-refractivity contribution in [1.29, 1.82) is 0 Å². The Balaban J connectivity index is 2.10. The number of benzene rings is 1. The van der Waals surface area contributed by atoms with E-state index in [4.69, 9.17) is 18.5 Å². The minimum absolute atomic E-state index is 0.189. The van der Waals surface area contributed by atoms with Crippen molar-refractivity contribution in [3.05, 3.63) is 22.8 Å². The van der Waals surface area contributed by atoms with Crippen LogP contribution in [0.2, 0.25) is 0 Å². The van der Waals surface area contributed by atoms with Gasteiger partial charge in [0.2, 0.25) is 6.79 Å². The van der Waals surface area contributed by atoms with Crippen LogP contribution in [0.15, 0.2) is 22.8 Å². The maximum Gasteiger partial charge on any atom is 0.379 e. The predicted octanol–water partition coefficient (Wildman–Crippen LogP) is 3.46. The molecule has 2 aromatic rings. The molecular weight excluding hydrogens is 387 g/mol. The van der Waals surface area contributed by atoms with E-state index in [0.29, 0.717) is 27.1 Å². The third-order valence-electron chi connectivity index (χ3n) is 3.24. The summed E-state index contributed by atoms with van der Waals surface area (Å²) in [5.74, 6) is 1.30. The van der Waals surface area contributed by atoms with Gasteiger partial charge in [0.15, 0.2) is 16.9 Å². The summed E-state index contributed by atoms with van der Waals surface area (Å²) in [4.78, 5) is 0. The van der Waals surface area contributed by atoms with Crippen LogP contribution < -0.4 is 14.9 Å². The Hall–Kier alpha value is -1.34. The van der Waals surface area contributed by atoms with Gasteiger partial charge < -0.3 is 18.5 Å². The molecule has 1 aliphatic rings. The molecule has 0 bridgehead atoms. The highest BCUT2D eigenvalue weighted by Gasteiger charge is 2.34. The van der Waals surface area contributed by atoms with Crippen LogP contribution in [0.5, 0.6) is 11.5 Å². The maximum atomic E-state index is 13.1. The molecule has 124 valence electrons. The Bertz CT molecular complexity index is 754. The number of nitrogens with one attached hydrogen (secondary N) is 1. The lowest BCUT2D eigenvalue weighted by Gasteiger charge is -2.17. The van der Waals surface area contributed by atoms with Crippen LogP contribution in [0.1, 0.15) is 13.8 Å². The highest BCUT2D eigenvalue weighted by molar-refractivity contribution is 9.10. The van der Waals surface area contributed by atoms with E-state index in [2.05, 4.69) is 26.1 Å². The Labute approximate surface area is 141 Å². The number of hydrogen-bond acceptors (Lipinski definition) is 6. The largest absolute Gasteiger partial charge is 0.454 e. The summed E-state index contributed by atoms with van der Waals surface area (Å²) in [5.41, 5.74) is 1.70. The molecule has 0 spiro atoms. The molecule has 2 heterocycles. The van der Waals surface area contributed by atoms with Gasteiger partial charge in [0.05, 0.1) is 13.2 Å². The number of fused-ring (bicyclic) bond motifs is 1. The van der Waals surface area contributed by atoms with E-state index < -0.39 is 7.60 Å². The fourth-order valence-corrected chi connectivity index (χ4v) is 4.69. The summed E-state index contributed by atoms with van der Waals surface area (Å²) >= 11 is 3.38. The Morgan fingerprint density at radius 2 is 1.96 bits per heavy atom. The number of H-pyrrole nitrogens is 1. The third-order valence-corrected chi connectivity index (χ3v) is 5.88. The van der Waals surface area contributed by atoms with Gasteiger partial charge in [0.25, 0.3) is 0 Å². The molecule has 1 aromatic heterocycles. The van der Waals surface area contributed by atoms with Crippen molar-refractivity contribution >= 4 is 29.0 Å². The average Bonchev–Trinajstić information content (AvgIpc) is 3.13. The molecule has 23 heavy (non-hydrogen) atoms. The number of nitrogens with zero attached hydrogens (tertiary/aromatic N) is 1. The quantitative estimate of drug-likeness (QED) is 0.744. The lowest BCUT2D eigenvalue weighted by molar-refractivity contribution is 0.174. The van der Waals surface area contributed by atoms with Crippen molar-refractivity contribution < 1.29 is 23.1 Å². The van der Waals surface area contributed by atoms with Gasteiger partial charge in [-0.3, -0.25) is 9.66 Å². The first-order valence-electron chi connectivity index (χ1n) is 7.12. The fraction of sp³-hybridized carbons (Fsp3) is 0.357. The van der Waals surface area contributed by atoms with Crippen LogP contribution in [-0.4, -0.2) is 30.2 Å². The van der Waals surface area contributed by atoms with Crippen LogP contribution >= 0.6 is 23.5 Å². The summed E-state index contributed by atoms with van der Waals surface area (Å²) in [5, 5.41) is 6.87. The summed E-state index contributed by atoms with van der Waals surface area (Å²) in [7, 11) is -3.49. The zero-order chi connectivity index (χ0) is 16.4. The molecule has 1 aromatic carbocycles. The van der Waals surface area contributed by atoms with Crippen molar-refractivity contribution in [2.75, 3.05) is 20.0 Å². The summed E-state index contributed by atoms with van der Waals surface area (Å²) < 4.78 is 35.1. The SMILES string of the molecule is CCOP(=O)(OCC)c1[nH]nc(Br)c1-c1ccc2c(c1)OCO2. The monoisotopic (exact) mass is 402 g/mol. The first kappa shape index (κ1) is 16.5. The topological polar surface area (TPSA) is 82.7 Å². The van der Waals surface area contributed by atoms with Crippen molar-refractivity contribution in [2.45, 2.75) is 13.8 Å². The number of ether oxygens (including phenoxy) is 2. The van der Waals surface area contributed by atoms with Crippen LogP contribution in [0, 0.1) is 0 Å². The lowest BCUT2D eigenvalue weighted by atomic mass is 10.1. The van der Waals surface area contributed by atoms with E-state index in [-0.39, 0.29) is 20.0 Å². The molecule has 0 saturated heterocycles. The normalized spacial score (nSPS) is 13.5. The van der Waals surface area contributed by atoms with E-state index in [1.165, 1.54) is 0 Å². The molecule has 0 aliphatic carbocycles. The van der Waals surface area contributed by atoms with Gasteiger partial charge in [-0.25, -0.2) is 0 Å². The summed E-state index contributed by atoms with van der Waals surface area (Å²) in [6.45, 7) is 4.23. The molecule has 0 atom stereocenters. The molecule has 0 unspecified atom stereocenters. The summed E-state index contributed by atoms with van der Waals surface area (Å²) in [6.07, 6.45) is 0. The maximum absolute atomic E-state index is 13.1. The Morgan fingerprint density at radius 3 is 2.65 bits per heavy atom. The predicted molar refractivity (Wildman–Crippen MR) is 88.3 cm³/mol. The van der Waals surface area contributed by atoms with Gasteiger partial charge in [-0.15, -0.1) is 0 Å². The second-order valence-electron chi connectivity index (χ2n) is 4.64. The van der Waals surface area contributed by atoms with Crippen molar-refractivity contribution in [3.63, 3.8) is 0 Å². The smallest absolute Gasteiger partial charge is 0.379 e. The molecule has 0 amide bonds. The van der Waals surface area contributed by atoms with Crippen LogP contribution in [0.25, 0.3) is 11.1 Å². The number of aromatic amines is 1. The fourth-order valence-electron chi connectivity index (χ4n) is 2.32. The van der Waals surface area contributed by atoms with Gasteiger partial charge >= 0.3 is 7.60 Å². The number of rotatable bonds is 6. The number of hydrogen-bond donors (Lipinski definition) is 1. The molecule has 0 radical (unpaired) electrons. The highest BCUT2D eigenvalue weighted by Crippen LogP contribution is 2.50. The second-order valence-corrected chi connectivity index (χ2v) is 7.35. The number of aromatic nitrogens is 2. The average molecular weight is 403 g/mol. The Morgan fingerprint density at radius 1 is 1.26 bits per heavy atom. The Kier molecular flexibility index (Phi) is 4.77. The molecule has 1 N–H and O–H groups in total. The summed E-state index contributed by atoms with van der Waals surface area (Å²) in [6, 6.07) is 5.45. The van der Waals surface area contributed by atoms with Crippen LogP contribution in [0.4, 0.5) is 0 Å². The van der Waals surface area contributed by atoms with E-state index in [9.17, 15) is 4.57 Å². The molecule has 3 rings (SSSR count). The van der Waals surface area contributed by atoms with Crippen molar-refractivity contribution in [2.24, 2.45) is 0 Å². The molecule has 0 fully saturated rings. The van der Waals surface area contributed by atoms with Gasteiger partial charge in [0.1, 0.15) is 4.60 Å². The standard InChI is InChI=1S/C14H16BrN2O5P/c1-3-21-23(18,22-4-2)14-12(13(15)16-17-14)9-5-6-10-11(7-9)20-8-19-10/h5-7H,3-4,8H2,1-2H3,(H,16,17). The highest BCUT2D eigenvalue weighted by atomic mass is 79.9. The van der Waals surface area contributed by atoms with Crippen molar-refractivity contribution in [3.8, 4) is 22.6 Å². The zero-order valence-electron chi connectivity index (χ0n) is 12.7. The third kappa shape index (κ3) is 3.04. The van der Waals surface area contributed by atoms with Crippen molar-refractivity contribution in [1.82, 2.24) is 10.2 Å². The first-order valence-corrected chi connectivity index (χ1v) is 9.46. The van der Waals surface area contributed by atoms with Gasteiger partial charge in [-0.1, -0.05) is 6.07 Å². The van der Waals surface area contributed by atoms with Crippen LogP contribution in [0.3, 0.4) is 0 Å². The molecule has 9 heteroatoms. The minimum Gasteiger partial charge on any atom is -0.454 e. The second kappa shape index (κ2) is 6.65. The molecular formula is C14H16BrN2O5P. The van der Waals surface area contributed by atoms with E-state index in [0.717, 1.165) is 5.56 Å². The van der Waals surface area contributed by atoms with Gasteiger partial charge in [-0.2, -0.15) is 5.10 Å². The van der Waals surface area contributed by atoms with E-state index in [1.807, 2.05) is 12.1 Å². The minimum atomic E-state index is -3.49. The molecule has 7 nitrogen and oxygen atoms in total.